The molecule has 3 nitrogen and oxygen atoms in total. The molecular formula is C14H10BrClFNO2. The number of benzene rings is 1. The maximum absolute atomic E-state index is 13.6. The number of aromatic nitrogens is 1. The van der Waals surface area contributed by atoms with Crippen molar-refractivity contribution in [3.63, 3.8) is 0 Å². The average Bonchev–Trinajstić information content (AvgIpc) is 2.38. The Morgan fingerprint density at radius 2 is 2.15 bits per heavy atom. The molecule has 1 aromatic heterocycles. The maximum Gasteiger partial charge on any atom is 0.312 e. The van der Waals surface area contributed by atoms with E-state index >= 15 is 0 Å². The highest BCUT2D eigenvalue weighted by molar-refractivity contribution is 9.10. The molecule has 1 aromatic carbocycles. The van der Waals surface area contributed by atoms with E-state index < -0.39 is 17.7 Å². The maximum atomic E-state index is 13.6. The van der Waals surface area contributed by atoms with E-state index in [4.69, 9.17) is 11.6 Å². The summed E-state index contributed by atoms with van der Waals surface area (Å²) in [6, 6.07) is 7.64. The number of carboxylic acids is 1. The van der Waals surface area contributed by atoms with Gasteiger partial charge in [-0.3, -0.25) is 9.78 Å². The third-order valence-corrected chi connectivity index (χ3v) is 3.58. The first-order valence-corrected chi connectivity index (χ1v) is 6.93. The predicted octanol–water partition coefficient (Wildman–Crippen LogP) is 4.05. The first kappa shape index (κ1) is 14.9. The van der Waals surface area contributed by atoms with Crippen molar-refractivity contribution >= 4 is 33.5 Å². The van der Waals surface area contributed by atoms with E-state index in [0.29, 0.717) is 10.0 Å². The number of pyridine rings is 1. The lowest BCUT2D eigenvalue weighted by atomic mass is 9.95. The number of halogens is 3. The Bertz CT molecular complexity index is 651. The molecule has 1 unspecified atom stereocenters. The third-order valence-electron chi connectivity index (χ3n) is 2.85. The van der Waals surface area contributed by atoms with Crippen molar-refractivity contribution in [3.8, 4) is 0 Å². The lowest BCUT2D eigenvalue weighted by Gasteiger charge is -2.14. The molecule has 0 saturated carbocycles. The lowest BCUT2D eigenvalue weighted by molar-refractivity contribution is -0.138. The van der Waals surface area contributed by atoms with Crippen LogP contribution in [0.25, 0.3) is 0 Å². The van der Waals surface area contributed by atoms with E-state index in [1.165, 1.54) is 12.3 Å². The Labute approximate surface area is 128 Å². The quantitative estimate of drug-likeness (QED) is 0.897. The highest BCUT2D eigenvalue weighted by atomic mass is 79.9. The van der Waals surface area contributed by atoms with Crippen LogP contribution in [0.4, 0.5) is 4.39 Å². The Hall–Kier alpha value is -1.46. The van der Waals surface area contributed by atoms with Gasteiger partial charge in [0.2, 0.25) is 0 Å². The van der Waals surface area contributed by atoms with Crippen molar-refractivity contribution in [2.45, 2.75) is 12.3 Å². The standard InChI is InChI=1S/C14H10BrClFNO2/c15-9-6-11(16)13(18-7-9)10(14(19)20)5-8-3-1-2-4-12(8)17/h1-4,6-7,10H,5H2,(H,19,20). The number of nitrogens with zero attached hydrogens (tertiary/aromatic N) is 1. The minimum absolute atomic E-state index is 0.00361. The van der Waals surface area contributed by atoms with Gasteiger partial charge in [-0.05, 0) is 40.0 Å². The molecule has 104 valence electrons. The van der Waals surface area contributed by atoms with Crippen LogP contribution in [0.2, 0.25) is 5.02 Å². The van der Waals surface area contributed by atoms with Crippen LogP contribution in [0, 0.1) is 5.82 Å². The molecule has 1 atom stereocenters. The largest absolute Gasteiger partial charge is 0.481 e. The molecule has 2 aromatic rings. The van der Waals surface area contributed by atoms with Crippen molar-refractivity contribution in [2.75, 3.05) is 0 Å². The molecule has 0 aliphatic heterocycles. The molecule has 1 N–H and O–H groups in total. The number of rotatable bonds is 4. The monoisotopic (exact) mass is 357 g/mol. The van der Waals surface area contributed by atoms with Gasteiger partial charge < -0.3 is 5.11 Å². The fourth-order valence-corrected chi connectivity index (χ4v) is 2.63. The summed E-state index contributed by atoms with van der Waals surface area (Å²) in [5, 5.41) is 9.58. The summed E-state index contributed by atoms with van der Waals surface area (Å²) in [4.78, 5) is 15.5. The van der Waals surface area contributed by atoms with E-state index in [-0.39, 0.29) is 17.1 Å². The van der Waals surface area contributed by atoms with Crippen LogP contribution >= 0.6 is 27.5 Å². The van der Waals surface area contributed by atoms with Gasteiger partial charge in [0.15, 0.2) is 0 Å². The number of hydrogen-bond acceptors (Lipinski definition) is 2. The molecule has 0 aliphatic carbocycles. The first-order valence-electron chi connectivity index (χ1n) is 5.76. The molecule has 0 saturated heterocycles. The van der Waals surface area contributed by atoms with Crippen molar-refractivity contribution in [3.05, 3.63) is 63.1 Å². The molecule has 2 rings (SSSR count). The summed E-state index contributed by atoms with van der Waals surface area (Å²) in [7, 11) is 0. The van der Waals surface area contributed by atoms with Crippen LogP contribution in [-0.4, -0.2) is 16.1 Å². The number of carbonyl (C=O) groups is 1. The Balaban J connectivity index is 2.37. The van der Waals surface area contributed by atoms with Crippen LogP contribution in [0.1, 0.15) is 17.2 Å². The lowest BCUT2D eigenvalue weighted by Crippen LogP contribution is -2.17. The third kappa shape index (κ3) is 3.35. The van der Waals surface area contributed by atoms with Crippen LogP contribution in [-0.2, 0) is 11.2 Å². The zero-order valence-electron chi connectivity index (χ0n) is 10.2. The van der Waals surface area contributed by atoms with Crippen molar-refractivity contribution < 1.29 is 14.3 Å². The summed E-state index contributed by atoms with van der Waals surface area (Å²) >= 11 is 9.23. The molecule has 0 bridgehead atoms. The smallest absolute Gasteiger partial charge is 0.312 e. The van der Waals surface area contributed by atoms with Gasteiger partial charge in [-0.25, -0.2) is 4.39 Å². The molecule has 20 heavy (non-hydrogen) atoms. The summed E-state index contributed by atoms with van der Waals surface area (Å²) in [6.45, 7) is 0. The summed E-state index contributed by atoms with van der Waals surface area (Å²) in [5.74, 6) is -2.52. The van der Waals surface area contributed by atoms with Gasteiger partial charge in [-0.2, -0.15) is 0 Å². The molecular weight excluding hydrogens is 349 g/mol. The zero-order chi connectivity index (χ0) is 14.7. The van der Waals surface area contributed by atoms with Gasteiger partial charge >= 0.3 is 5.97 Å². The fraction of sp³-hybridized carbons (Fsp3) is 0.143. The van der Waals surface area contributed by atoms with E-state index in [0.717, 1.165) is 0 Å². The second-order valence-corrected chi connectivity index (χ2v) is 5.53. The van der Waals surface area contributed by atoms with Crippen molar-refractivity contribution in [2.24, 2.45) is 0 Å². The molecule has 0 spiro atoms. The molecule has 0 aliphatic rings. The number of hydrogen-bond donors (Lipinski definition) is 1. The number of aliphatic carboxylic acids is 1. The van der Waals surface area contributed by atoms with Crippen LogP contribution in [0.15, 0.2) is 41.0 Å². The van der Waals surface area contributed by atoms with Gasteiger partial charge in [0, 0.05) is 10.7 Å². The van der Waals surface area contributed by atoms with E-state index in [9.17, 15) is 14.3 Å². The van der Waals surface area contributed by atoms with E-state index in [1.54, 1.807) is 24.3 Å². The molecule has 1 heterocycles. The topological polar surface area (TPSA) is 50.2 Å². The minimum Gasteiger partial charge on any atom is -0.481 e. The van der Waals surface area contributed by atoms with Gasteiger partial charge in [0.25, 0.3) is 0 Å². The second kappa shape index (κ2) is 6.33. The second-order valence-electron chi connectivity index (χ2n) is 4.21. The van der Waals surface area contributed by atoms with Crippen molar-refractivity contribution in [1.82, 2.24) is 4.98 Å². The first-order chi connectivity index (χ1) is 9.49. The highest BCUT2D eigenvalue weighted by Crippen LogP contribution is 2.28. The normalized spacial score (nSPS) is 12.2. The van der Waals surface area contributed by atoms with Crippen LogP contribution in [0.5, 0.6) is 0 Å². The molecule has 0 amide bonds. The summed E-state index contributed by atoms with van der Waals surface area (Å²) < 4.78 is 14.3. The van der Waals surface area contributed by atoms with Gasteiger partial charge in [-0.15, -0.1) is 0 Å². The van der Waals surface area contributed by atoms with Gasteiger partial charge in [0.1, 0.15) is 11.7 Å². The van der Waals surface area contributed by atoms with Gasteiger partial charge in [-0.1, -0.05) is 29.8 Å². The molecule has 0 fully saturated rings. The fourth-order valence-electron chi connectivity index (χ4n) is 1.87. The zero-order valence-corrected chi connectivity index (χ0v) is 12.5. The molecule has 0 radical (unpaired) electrons. The Morgan fingerprint density at radius 3 is 2.75 bits per heavy atom. The summed E-state index contributed by atoms with van der Waals surface area (Å²) in [6.07, 6.45) is 1.47. The van der Waals surface area contributed by atoms with E-state index in [2.05, 4.69) is 20.9 Å². The SMILES string of the molecule is O=C(O)C(Cc1ccccc1F)c1ncc(Br)cc1Cl. The Morgan fingerprint density at radius 1 is 1.45 bits per heavy atom. The average molecular weight is 359 g/mol. The minimum atomic E-state index is -1.09. The van der Waals surface area contributed by atoms with Crippen LogP contribution in [0.3, 0.4) is 0 Å². The van der Waals surface area contributed by atoms with E-state index in [1.807, 2.05) is 0 Å². The Kier molecular flexibility index (Phi) is 4.73. The number of carboxylic acid groups (broad SMARTS) is 1. The van der Waals surface area contributed by atoms with Crippen LogP contribution < -0.4 is 0 Å². The predicted molar refractivity (Wildman–Crippen MR) is 77.4 cm³/mol. The van der Waals surface area contributed by atoms with Crippen molar-refractivity contribution in [1.29, 1.82) is 0 Å². The summed E-state index contributed by atoms with van der Waals surface area (Å²) in [5.41, 5.74) is 0.548. The molecule has 6 heteroatoms. The van der Waals surface area contributed by atoms with Gasteiger partial charge in [0.05, 0.1) is 10.7 Å². The highest BCUT2D eigenvalue weighted by Gasteiger charge is 2.25.